The molecule has 0 aromatic carbocycles. The lowest BCUT2D eigenvalue weighted by atomic mass is 9.80. The van der Waals surface area contributed by atoms with Gasteiger partial charge in [0.25, 0.3) is 0 Å². The molecule has 0 aliphatic carbocycles. The van der Waals surface area contributed by atoms with E-state index in [-0.39, 0.29) is 0 Å². The number of alkyl halides is 1. The van der Waals surface area contributed by atoms with E-state index in [1.54, 1.807) is 0 Å². The van der Waals surface area contributed by atoms with Gasteiger partial charge in [0.15, 0.2) is 0 Å². The van der Waals surface area contributed by atoms with Crippen LogP contribution in [0.4, 0.5) is 0 Å². The molecule has 0 spiro atoms. The number of thioether (sulfide) groups is 1. The summed E-state index contributed by atoms with van der Waals surface area (Å²) < 4.78 is 5.65. The van der Waals surface area contributed by atoms with Crippen molar-refractivity contribution in [2.45, 2.75) is 32.3 Å². The second-order valence-corrected chi connectivity index (χ2v) is 5.40. The molecule has 0 aromatic heterocycles. The lowest BCUT2D eigenvalue weighted by molar-refractivity contribution is 0.0705. The molecule has 1 rings (SSSR count). The van der Waals surface area contributed by atoms with Crippen LogP contribution in [0.15, 0.2) is 0 Å². The van der Waals surface area contributed by atoms with Gasteiger partial charge >= 0.3 is 0 Å². The highest BCUT2D eigenvalue weighted by atomic mass is 79.9. The van der Waals surface area contributed by atoms with Crippen LogP contribution in [-0.4, -0.2) is 30.0 Å². The summed E-state index contributed by atoms with van der Waals surface area (Å²) in [5.41, 5.74) is 0.426. The van der Waals surface area contributed by atoms with Crippen molar-refractivity contribution in [3.8, 4) is 0 Å². The third kappa shape index (κ3) is 2.87. The highest BCUT2D eigenvalue weighted by molar-refractivity contribution is 9.09. The van der Waals surface area contributed by atoms with E-state index in [1.807, 2.05) is 11.8 Å². The van der Waals surface area contributed by atoms with Gasteiger partial charge in [0.1, 0.15) is 0 Å². The van der Waals surface area contributed by atoms with E-state index in [0.29, 0.717) is 11.5 Å². The average molecular weight is 267 g/mol. The highest BCUT2D eigenvalue weighted by Crippen LogP contribution is 2.40. The molecule has 3 heteroatoms. The normalized spacial score (nSPS) is 33.9. The topological polar surface area (TPSA) is 9.23 Å². The van der Waals surface area contributed by atoms with Crippen molar-refractivity contribution < 1.29 is 4.74 Å². The Morgan fingerprint density at radius 1 is 1.62 bits per heavy atom. The summed E-state index contributed by atoms with van der Waals surface area (Å²) >= 11 is 5.58. The summed E-state index contributed by atoms with van der Waals surface area (Å²) in [6.45, 7) is 3.17. The summed E-state index contributed by atoms with van der Waals surface area (Å²) in [7, 11) is 0. The Morgan fingerprint density at radius 3 is 2.85 bits per heavy atom. The van der Waals surface area contributed by atoms with Gasteiger partial charge in [-0.25, -0.2) is 0 Å². The molecule has 78 valence electrons. The Hall–Kier alpha value is 0.790. The molecule has 0 N–H and O–H groups in total. The number of hydrogen-bond acceptors (Lipinski definition) is 2. The van der Waals surface area contributed by atoms with Crippen LogP contribution in [0.25, 0.3) is 0 Å². The van der Waals surface area contributed by atoms with Crippen LogP contribution >= 0.6 is 27.7 Å². The predicted octanol–water partition coefficient (Wildman–Crippen LogP) is 3.32. The standard InChI is InChI=1S/C10H19BrOS/c1-9-10(8-11,5-6-12-9)4-3-7-13-2/h9H,3-8H2,1-2H3. The molecule has 1 saturated heterocycles. The molecule has 1 aliphatic heterocycles. The SMILES string of the molecule is CSCCCC1(CBr)CCOC1C. The molecular weight excluding hydrogens is 248 g/mol. The van der Waals surface area contributed by atoms with Gasteiger partial charge in [-0.15, -0.1) is 0 Å². The second kappa shape index (κ2) is 5.62. The van der Waals surface area contributed by atoms with Crippen LogP contribution in [0.3, 0.4) is 0 Å². The van der Waals surface area contributed by atoms with Crippen molar-refractivity contribution in [3.63, 3.8) is 0 Å². The summed E-state index contributed by atoms with van der Waals surface area (Å²) in [6, 6.07) is 0. The molecule has 0 radical (unpaired) electrons. The zero-order valence-corrected chi connectivity index (χ0v) is 10.9. The fourth-order valence-electron chi connectivity index (χ4n) is 1.96. The Kier molecular flexibility index (Phi) is 5.13. The van der Waals surface area contributed by atoms with Crippen molar-refractivity contribution >= 4 is 27.7 Å². The number of hydrogen-bond donors (Lipinski definition) is 0. The van der Waals surface area contributed by atoms with E-state index in [9.17, 15) is 0 Å². The maximum Gasteiger partial charge on any atom is 0.0612 e. The van der Waals surface area contributed by atoms with Crippen LogP contribution < -0.4 is 0 Å². The Bertz CT molecular complexity index is 154. The summed E-state index contributed by atoms with van der Waals surface area (Å²) in [4.78, 5) is 0. The third-order valence-corrected chi connectivity index (χ3v) is 4.93. The van der Waals surface area contributed by atoms with Gasteiger partial charge < -0.3 is 4.74 Å². The van der Waals surface area contributed by atoms with Gasteiger partial charge in [-0.05, 0) is 38.2 Å². The molecule has 2 atom stereocenters. The minimum absolute atomic E-state index is 0.426. The molecule has 2 unspecified atom stereocenters. The van der Waals surface area contributed by atoms with Gasteiger partial charge in [-0.2, -0.15) is 11.8 Å². The van der Waals surface area contributed by atoms with Gasteiger partial charge in [0, 0.05) is 17.4 Å². The molecular formula is C10H19BrOS. The predicted molar refractivity (Wildman–Crippen MR) is 63.9 cm³/mol. The average Bonchev–Trinajstić information content (AvgIpc) is 2.49. The molecule has 0 bridgehead atoms. The fraction of sp³-hybridized carbons (Fsp3) is 1.00. The van der Waals surface area contributed by atoms with Crippen molar-refractivity contribution in [1.29, 1.82) is 0 Å². The van der Waals surface area contributed by atoms with E-state index < -0.39 is 0 Å². The minimum Gasteiger partial charge on any atom is -0.378 e. The zero-order valence-electron chi connectivity index (χ0n) is 8.51. The quantitative estimate of drug-likeness (QED) is 0.558. The molecule has 1 aliphatic rings. The van der Waals surface area contributed by atoms with Gasteiger partial charge in [-0.1, -0.05) is 15.9 Å². The lowest BCUT2D eigenvalue weighted by Crippen LogP contribution is -2.30. The van der Waals surface area contributed by atoms with E-state index >= 15 is 0 Å². The molecule has 13 heavy (non-hydrogen) atoms. The first-order chi connectivity index (χ1) is 6.25. The van der Waals surface area contributed by atoms with Crippen LogP contribution in [-0.2, 0) is 4.74 Å². The van der Waals surface area contributed by atoms with E-state index in [0.717, 1.165) is 11.9 Å². The Balaban J connectivity index is 2.39. The van der Waals surface area contributed by atoms with Crippen LogP contribution in [0.1, 0.15) is 26.2 Å². The number of ether oxygens (including phenoxy) is 1. The smallest absolute Gasteiger partial charge is 0.0612 e. The first-order valence-corrected chi connectivity index (χ1v) is 7.43. The number of rotatable bonds is 5. The monoisotopic (exact) mass is 266 g/mol. The molecule has 0 amide bonds. The summed E-state index contributed by atoms with van der Waals surface area (Å²) in [5, 5.41) is 1.09. The van der Waals surface area contributed by atoms with Crippen molar-refractivity contribution in [2.24, 2.45) is 5.41 Å². The van der Waals surface area contributed by atoms with Crippen LogP contribution in [0.5, 0.6) is 0 Å². The molecule has 1 nitrogen and oxygen atoms in total. The fourth-order valence-corrected chi connectivity index (χ4v) is 3.41. The maximum atomic E-state index is 5.65. The Labute approximate surface area is 94.1 Å². The molecule has 1 heterocycles. The van der Waals surface area contributed by atoms with E-state index in [4.69, 9.17) is 4.74 Å². The van der Waals surface area contributed by atoms with Crippen LogP contribution in [0, 0.1) is 5.41 Å². The van der Waals surface area contributed by atoms with E-state index in [1.165, 1.54) is 25.0 Å². The Morgan fingerprint density at radius 2 is 2.38 bits per heavy atom. The third-order valence-electron chi connectivity index (χ3n) is 3.12. The second-order valence-electron chi connectivity index (χ2n) is 3.86. The van der Waals surface area contributed by atoms with Gasteiger partial charge in [-0.3, -0.25) is 0 Å². The summed E-state index contributed by atoms with van der Waals surface area (Å²) in [6.07, 6.45) is 6.47. The van der Waals surface area contributed by atoms with Crippen molar-refractivity contribution in [1.82, 2.24) is 0 Å². The van der Waals surface area contributed by atoms with Gasteiger partial charge in [0.2, 0.25) is 0 Å². The lowest BCUT2D eigenvalue weighted by Gasteiger charge is -2.30. The largest absolute Gasteiger partial charge is 0.378 e. The number of halogens is 1. The van der Waals surface area contributed by atoms with E-state index in [2.05, 4.69) is 29.1 Å². The first kappa shape index (κ1) is 11.9. The maximum absolute atomic E-state index is 5.65. The minimum atomic E-state index is 0.426. The van der Waals surface area contributed by atoms with Crippen molar-refractivity contribution in [3.05, 3.63) is 0 Å². The summed E-state index contributed by atoms with van der Waals surface area (Å²) in [5.74, 6) is 1.28. The van der Waals surface area contributed by atoms with Gasteiger partial charge in [0.05, 0.1) is 6.10 Å². The van der Waals surface area contributed by atoms with Crippen molar-refractivity contribution in [2.75, 3.05) is 23.9 Å². The highest BCUT2D eigenvalue weighted by Gasteiger charge is 2.39. The van der Waals surface area contributed by atoms with Crippen LogP contribution in [0.2, 0.25) is 0 Å². The molecule has 0 saturated carbocycles. The zero-order chi connectivity index (χ0) is 9.73. The first-order valence-electron chi connectivity index (χ1n) is 4.92. The molecule has 1 fully saturated rings. The molecule has 0 aromatic rings.